The molecule has 148 valence electrons. The van der Waals surface area contributed by atoms with Gasteiger partial charge >= 0.3 is 12.0 Å². The third-order valence-corrected chi connectivity index (χ3v) is 4.50. The smallest absolute Gasteiger partial charge is 0.340 e. The molecule has 0 spiro atoms. The minimum Gasteiger partial charge on any atom is -0.462 e. The molecule has 0 atom stereocenters. The van der Waals surface area contributed by atoms with Gasteiger partial charge < -0.3 is 19.9 Å². The summed E-state index contributed by atoms with van der Waals surface area (Å²) in [7, 11) is 0. The van der Waals surface area contributed by atoms with E-state index in [0.29, 0.717) is 31.7 Å². The number of carbonyl (C=O) groups excluding carboxylic acids is 2. The number of halogens is 2. The number of nitrogens with one attached hydrogen (secondary N) is 1. The lowest BCUT2D eigenvalue weighted by Crippen LogP contribution is -2.50. The average Bonchev–Trinajstić information content (AvgIpc) is 2.71. The maximum Gasteiger partial charge on any atom is 0.340 e. The monoisotopic (exact) mass is 389 g/mol. The molecular formula is C20H21F2N3O3. The average molecular weight is 389 g/mol. The van der Waals surface area contributed by atoms with Crippen molar-refractivity contribution in [3.63, 3.8) is 0 Å². The number of ether oxygens (including phenoxy) is 1. The van der Waals surface area contributed by atoms with Crippen LogP contribution in [-0.2, 0) is 4.74 Å². The molecule has 0 saturated carbocycles. The molecule has 0 aromatic heterocycles. The van der Waals surface area contributed by atoms with Crippen molar-refractivity contribution in [3.05, 3.63) is 59.7 Å². The van der Waals surface area contributed by atoms with Crippen molar-refractivity contribution < 1.29 is 23.1 Å². The summed E-state index contributed by atoms with van der Waals surface area (Å²) in [5.74, 6) is -2.04. The second-order valence-electron chi connectivity index (χ2n) is 6.24. The Balaban J connectivity index is 1.65. The molecular weight excluding hydrogens is 368 g/mol. The molecule has 1 aliphatic heterocycles. The summed E-state index contributed by atoms with van der Waals surface area (Å²) >= 11 is 0. The molecule has 0 aliphatic carbocycles. The van der Waals surface area contributed by atoms with E-state index in [1.807, 2.05) is 17.0 Å². The van der Waals surface area contributed by atoms with Gasteiger partial charge in [-0.05, 0) is 31.2 Å². The highest BCUT2D eigenvalue weighted by atomic mass is 19.1. The summed E-state index contributed by atoms with van der Waals surface area (Å²) < 4.78 is 32.5. The topological polar surface area (TPSA) is 61.9 Å². The number of para-hydroxylation sites is 2. The third kappa shape index (κ3) is 4.21. The van der Waals surface area contributed by atoms with Gasteiger partial charge in [0, 0.05) is 26.2 Å². The van der Waals surface area contributed by atoms with Crippen LogP contribution in [0.15, 0.2) is 42.5 Å². The molecule has 3 rings (SSSR count). The lowest BCUT2D eigenvalue weighted by Gasteiger charge is -2.36. The van der Waals surface area contributed by atoms with E-state index in [0.717, 1.165) is 17.8 Å². The van der Waals surface area contributed by atoms with E-state index in [1.165, 1.54) is 11.0 Å². The third-order valence-electron chi connectivity index (χ3n) is 4.50. The SMILES string of the molecule is CCOC(=O)c1ccccc1N1CCN(C(=O)Nc2c(F)cccc2F)CC1. The highest BCUT2D eigenvalue weighted by Gasteiger charge is 2.25. The zero-order valence-electron chi connectivity index (χ0n) is 15.5. The van der Waals surface area contributed by atoms with Crippen molar-refractivity contribution in [2.45, 2.75) is 6.92 Å². The molecule has 28 heavy (non-hydrogen) atoms. The Morgan fingerprint density at radius 1 is 1.00 bits per heavy atom. The molecule has 2 amide bonds. The zero-order valence-corrected chi connectivity index (χ0v) is 15.5. The van der Waals surface area contributed by atoms with E-state index in [9.17, 15) is 18.4 Å². The largest absolute Gasteiger partial charge is 0.462 e. The zero-order chi connectivity index (χ0) is 20.1. The maximum absolute atomic E-state index is 13.7. The number of piperazine rings is 1. The summed E-state index contributed by atoms with van der Waals surface area (Å²) in [4.78, 5) is 28.0. The Labute approximate surface area is 161 Å². The number of amides is 2. The number of hydrogen-bond acceptors (Lipinski definition) is 4. The minimum absolute atomic E-state index is 0.285. The van der Waals surface area contributed by atoms with Gasteiger partial charge in [0.1, 0.15) is 17.3 Å². The van der Waals surface area contributed by atoms with Gasteiger partial charge in [0.15, 0.2) is 0 Å². The normalized spacial score (nSPS) is 14.0. The number of hydrogen-bond donors (Lipinski definition) is 1. The van der Waals surface area contributed by atoms with Gasteiger partial charge in [-0.3, -0.25) is 0 Å². The van der Waals surface area contributed by atoms with Gasteiger partial charge in [-0.25, -0.2) is 18.4 Å². The minimum atomic E-state index is -0.824. The number of nitrogens with zero attached hydrogens (tertiary/aromatic N) is 2. The van der Waals surface area contributed by atoms with E-state index in [1.54, 1.807) is 19.1 Å². The standard InChI is InChI=1S/C20H21F2N3O3/c1-2-28-19(26)14-6-3-4-9-17(14)24-10-12-25(13-11-24)20(27)23-18-15(21)7-5-8-16(18)22/h3-9H,2,10-13H2,1H3,(H,23,27). The lowest BCUT2D eigenvalue weighted by molar-refractivity contribution is 0.0527. The molecule has 2 aromatic carbocycles. The first-order chi connectivity index (χ1) is 13.5. The van der Waals surface area contributed by atoms with E-state index >= 15 is 0 Å². The van der Waals surface area contributed by atoms with Crippen LogP contribution < -0.4 is 10.2 Å². The van der Waals surface area contributed by atoms with Gasteiger partial charge in [0.05, 0.1) is 17.9 Å². The van der Waals surface area contributed by atoms with Crippen LogP contribution in [0.25, 0.3) is 0 Å². The van der Waals surface area contributed by atoms with Crippen LogP contribution in [0.3, 0.4) is 0 Å². The Bertz CT molecular complexity index is 847. The Morgan fingerprint density at radius 3 is 2.29 bits per heavy atom. The predicted octanol–water partition coefficient (Wildman–Crippen LogP) is 3.50. The first-order valence-electron chi connectivity index (χ1n) is 9.02. The fraction of sp³-hybridized carbons (Fsp3) is 0.300. The van der Waals surface area contributed by atoms with Gasteiger partial charge in [-0.15, -0.1) is 0 Å². The van der Waals surface area contributed by atoms with E-state index in [4.69, 9.17) is 4.74 Å². The second kappa shape index (κ2) is 8.69. The Morgan fingerprint density at radius 2 is 1.64 bits per heavy atom. The number of esters is 1. The van der Waals surface area contributed by atoms with Crippen molar-refractivity contribution in [1.82, 2.24) is 4.90 Å². The van der Waals surface area contributed by atoms with E-state index < -0.39 is 29.3 Å². The molecule has 2 aromatic rings. The van der Waals surface area contributed by atoms with E-state index in [2.05, 4.69) is 5.32 Å². The maximum atomic E-state index is 13.7. The van der Waals surface area contributed by atoms with Gasteiger partial charge in [-0.1, -0.05) is 18.2 Å². The van der Waals surface area contributed by atoms with Crippen molar-refractivity contribution in [2.75, 3.05) is 43.0 Å². The molecule has 0 unspecified atom stereocenters. The van der Waals surface area contributed by atoms with Crippen LogP contribution in [0.5, 0.6) is 0 Å². The second-order valence-corrected chi connectivity index (χ2v) is 6.24. The highest BCUT2D eigenvalue weighted by molar-refractivity contribution is 5.96. The van der Waals surface area contributed by atoms with Crippen molar-refractivity contribution in [1.29, 1.82) is 0 Å². The first-order valence-corrected chi connectivity index (χ1v) is 9.02. The predicted molar refractivity (Wildman–Crippen MR) is 102 cm³/mol. The fourth-order valence-corrected chi connectivity index (χ4v) is 3.08. The van der Waals surface area contributed by atoms with Crippen LogP contribution in [-0.4, -0.2) is 49.7 Å². The van der Waals surface area contributed by atoms with Crippen molar-refractivity contribution in [2.24, 2.45) is 0 Å². The Kier molecular flexibility index (Phi) is 6.08. The summed E-state index contributed by atoms with van der Waals surface area (Å²) in [5.41, 5.74) is 0.749. The quantitative estimate of drug-likeness (QED) is 0.813. The van der Waals surface area contributed by atoms with Crippen LogP contribution >= 0.6 is 0 Å². The molecule has 0 radical (unpaired) electrons. The Hall–Kier alpha value is -3.16. The van der Waals surface area contributed by atoms with Crippen LogP contribution in [0.1, 0.15) is 17.3 Å². The van der Waals surface area contributed by atoms with Crippen LogP contribution in [0.2, 0.25) is 0 Å². The molecule has 1 fully saturated rings. The van der Waals surface area contributed by atoms with Crippen LogP contribution in [0.4, 0.5) is 25.0 Å². The lowest BCUT2D eigenvalue weighted by atomic mass is 10.1. The number of rotatable bonds is 4. The molecule has 1 heterocycles. The molecule has 8 heteroatoms. The number of carbonyl (C=O) groups is 2. The molecule has 1 aliphatic rings. The summed E-state index contributed by atoms with van der Waals surface area (Å²) in [5, 5.41) is 2.29. The first kappa shape index (κ1) is 19.6. The van der Waals surface area contributed by atoms with E-state index in [-0.39, 0.29) is 6.61 Å². The summed E-state index contributed by atoms with van der Waals surface area (Å²) in [6.45, 7) is 3.68. The molecule has 1 N–H and O–H groups in total. The number of anilines is 2. The van der Waals surface area contributed by atoms with Gasteiger partial charge in [-0.2, -0.15) is 0 Å². The van der Waals surface area contributed by atoms with Crippen molar-refractivity contribution >= 4 is 23.4 Å². The molecule has 1 saturated heterocycles. The number of urea groups is 1. The summed E-state index contributed by atoms with van der Waals surface area (Å²) in [6.07, 6.45) is 0. The fourth-order valence-electron chi connectivity index (χ4n) is 3.08. The highest BCUT2D eigenvalue weighted by Crippen LogP contribution is 2.23. The van der Waals surface area contributed by atoms with Gasteiger partial charge in [0.2, 0.25) is 0 Å². The summed E-state index contributed by atoms with van der Waals surface area (Å²) in [6, 6.07) is 9.97. The van der Waals surface area contributed by atoms with Gasteiger partial charge in [0.25, 0.3) is 0 Å². The molecule has 6 nitrogen and oxygen atoms in total. The van der Waals surface area contributed by atoms with Crippen molar-refractivity contribution in [3.8, 4) is 0 Å². The molecule has 0 bridgehead atoms. The van der Waals surface area contributed by atoms with Crippen LogP contribution in [0, 0.1) is 11.6 Å². The number of benzene rings is 2.